The highest BCUT2D eigenvalue weighted by molar-refractivity contribution is 7.93. The van der Waals surface area contributed by atoms with Crippen LogP contribution in [0.25, 0.3) is 11.5 Å². The molecule has 0 radical (unpaired) electrons. The van der Waals surface area contributed by atoms with Crippen LogP contribution in [0.3, 0.4) is 0 Å². The Bertz CT molecular complexity index is 1400. The molecule has 38 heavy (non-hydrogen) atoms. The molecular weight excluding hydrogens is 532 g/mol. The fraction of sp³-hybridized carbons (Fsp3) is 0.625. The van der Waals surface area contributed by atoms with E-state index in [9.17, 15) is 8.42 Å². The second-order valence-electron chi connectivity index (χ2n) is 10.1. The lowest BCUT2D eigenvalue weighted by molar-refractivity contribution is 0.0299. The number of nitrogens with zero attached hydrogens (tertiary/aromatic N) is 7. The molecule has 2 aliphatic carbocycles. The second-order valence-corrected chi connectivity index (χ2v) is 12.5. The van der Waals surface area contributed by atoms with Crippen LogP contribution in [-0.4, -0.2) is 69.0 Å². The van der Waals surface area contributed by atoms with E-state index in [0.29, 0.717) is 17.5 Å². The number of ether oxygens (including phenoxy) is 2. The summed E-state index contributed by atoms with van der Waals surface area (Å²) in [6.07, 6.45) is 8.54. The number of methoxy groups -OCH3 is 2. The predicted octanol–water partition coefficient (Wildman–Crippen LogP) is 3.04. The van der Waals surface area contributed by atoms with Gasteiger partial charge in [0.05, 0.1) is 17.2 Å². The van der Waals surface area contributed by atoms with Crippen molar-refractivity contribution >= 4 is 27.6 Å². The van der Waals surface area contributed by atoms with Crippen molar-refractivity contribution in [3.8, 4) is 11.5 Å². The molecule has 0 amide bonds. The van der Waals surface area contributed by atoms with Gasteiger partial charge in [0, 0.05) is 44.9 Å². The fourth-order valence-electron chi connectivity index (χ4n) is 5.55. The van der Waals surface area contributed by atoms with Crippen LogP contribution in [0, 0.1) is 0 Å². The Hall–Kier alpha value is -2.61. The topological polar surface area (TPSA) is 139 Å². The summed E-state index contributed by atoms with van der Waals surface area (Å²) in [5.74, 6) is 0.896. The van der Waals surface area contributed by atoms with Crippen molar-refractivity contribution in [2.45, 2.75) is 68.8 Å². The van der Waals surface area contributed by atoms with Crippen molar-refractivity contribution < 1.29 is 17.9 Å². The van der Waals surface area contributed by atoms with E-state index >= 15 is 0 Å². The standard InChI is InChI=1S/C24H33ClN8O4S/c1-15(20(37-4)21-26-12-16(25)13-27-21)38(34,35)31-23-29-28-22(33(23)24(14-36-3)10-7-11-24)19-17-8-5-6-9-18(17)32(2)30-19/h12-13,15,20H,5-11,14H2,1-4H3,(H,29,31). The smallest absolute Gasteiger partial charge is 0.240 e. The summed E-state index contributed by atoms with van der Waals surface area (Å²) in [5.41, 5.74) is 2.62. The molecule has 0 bridgehead atoms. The van der Waals surface area contributed by atoms with Crippen LogP contribution >= 0.6 is 11.6 Å². The first-order valence-electron chi connectivity index (χ1n) is 12.7. The van der Waals surface area contributed by atoms with Gasteiger partial charge in [0.15, 0.2) is 11.6 Å². The second kappa shape index (κ2) is 10.5. The average Bonchev–Trinajstić information content (AvgIpc) is 3.43. The molecule has 1 N–H and O–H groups in total. The molecule has 12 nitrogen and oxygen atoms in total. The van der Waals surface area contributed by atoms with Gasteiger partial charge in [-0.3, -0.25) is 14.0 Å². The minimum absolute atomic E-state index is 0.130. The minimum atomic E-state index is -4.02. The zero-order chi connectivity index (χ0) is 27.1. The lowest BCUT2D eigenvalue weighted by Crippen LogP contribution is -2.46. The van der Waals surface area contributed by atoms with Crippen molar-refractivity contribution in [3.63, 3.8) is 0 Å². The number of fused-ring (bicyclic) bond motifs is 1. The summed E-state index contributed by atoms with van der Waals surface area (Å²) >= 11 is 5.91. The first kappa shape index (κ1) is 27.0. The third-order valence-corrected chi connectivity index (χ3v) is 9.60. The maximum Gasteiger partial charge on any atom is 0.240 e. The Balaban J connectivity index is 1.55. The Labute approximate surface area is 227 Å². The summed E-state index contributed by atoms with van der Waals surface area (Å²) < 4.78 is 44.9. The van der Waals surface area contributed by atoms with Crippen molar-refractivity contribution in [2.24, 2.45) is 7.05 Å². The molecule has 2 atom stereocenters. The SMILES string of the molecule is COCC1(n2c(NS(=O)(=O)C(C)C(OC)c3ncc(Cl)cn3)nnc2-c2nn(C)c3c2CCCC3)CCC1. The summed E-state index contributed by atoms with van der Waals surface area (Å²) in [4.78, 5) is 8.32. The predicted molar refractivity (Wildman–Crippen MR) is 141 cm³/mol. The summed E-state index contributed by atoms with van der Waals surface area (Å²) in [5, 5.41) is 13.0. The van der Waals surface area contributed by atoms with Gasteiger partial charge in [-0.2, -0.15) is 5.10 Å². The number of sulfonamides is 1. The molecule has 2 aliphatic rings. The van der Waals surface area contributed by atoms with Gasteiger partial charge >= 0.3 is 0 Å². The lowest BCUT2D eigenvalue weighted by Gasteiger charge is -2.43. The van der Waals surface area contributed by atoms with E-state index < -0.39 is 26.9 Å². The molecule has 3 aromatic heterocycles. The number of hydrogen-bond acceptors (Lipinski definition) is 9. The average molecular weight is 565 g/mol. The number of halogens is 1. The van der Waals surface area contributed by atoms with Crippen molar-refractivity contribution in [3.05, 3.63) is 34.5 Å². The largest absolute Gasteiger partial charge is 0.382 e. The van der Waals surface area contributed by atoms with Crippen LogP contribution in [0.4, 0.5) is 5.95 Å². The minimum Gasteiger partial charge on any atom is -0.382 e. The molecule has 2 unspecified atom stereocenters. The maximum absolute atomic E-state index is 13.7. The van der Waals surface area contributed by atoms with Crippen molar-refractivity contribution in [2.75, 3.05) is 25.5 Å². The van der Waals surface area contributed by atoms with Gasteiger partial charge in [-0.15, -0.1) is 10.2 Å². The van der Waals surface area contributed by atoms with Crippen molar-refractivity contribution in [1.29, 1.82) is 0 Å². The highest BCUT2D eigenvalue weighted by atomic mass is 35.5. The van der Waals surface area contributed by atoms with Crippen LogP contribution in [0.2, 0.25) is 5.02 Å². The van der Waals surface area contributed by atoms with Crippen LogP contribution < -0.4 is 4.72 Å². The van der Waals surface area contributed by atoms with Gasteiger partial charge in [-0.25, -0.2) is 18.4 Å². The molecular formula is C24H33ClN8O4S. The quantitative estimate of drug-likeness (QED) is 0.393. The van der Waals surface area contributed by atoms with E-state index in [-0.39, 0.29) is 11.8 Å². The monoisotopic (exact) mass is 564 g/mol. The highest BCUT2D eigenvalue weighted by Crippen LogP contribution is 2.45. The van der Waals surface area contributed by atoms with Gasteiger partial charge in [0.1, 0.15) is 17.0 Å². The van der Waals surface area contributed by atoms with E-state index in [1.54, 1.807) is 14.0 Å². The first-order valence-corrected chi connectivity index (χ1v) is 14.6. The normalized spacial score (nSPS) is 18.4. The number of aromatic nitrogens is 7. The zero-order valence-electron chi connectivity index (χ0n) is 22.0. The van der Waals surface area contributed by atoms with E-state index in [1.165, 1.54) is 25.2 Å². The molecule has 1 saturated carbocycles. The van der Waals surface area contributed by atoms with Gasteiger partial charge in [0.2, 0.25) is 16.0 Å². The zero-order valence-corrected chi connectivity index (χ0v) is 23.6. The van der Waals surface area contributed by atoms with Crippen LogP contribution in [0.15, 0.2) is 12.4 Å². The van der Waals surface area contributed by atoms with Crippen LogP contribution in [-0.2, 0) is 44.9 Å². The lowest BCUT2D eigenvalue weighted by atomic mass is 9.77. The molecule has 5 rings (SSSR count). The molecule has 1 fully saturated rings. The van der Waals surface area contributed by atoms with E-state index in [4.69, 9.17) is 26.2 Å². The van der Waals surface area contributed by atoms with Crippen molar-refractivity contribution in [1.82, 2.24) is 34.5 Å². The Morgan fingerprint density at radius 1 is 1.13 bits per heavy atom. The molecule has 0 aromatic carbocycles. The van der Waals surface area contributed by atoms with E-state index in [1.807, 2.05) is 16.3 Å². The summed E-state index contributed by atoms with van der Waals surface area (Å²) in [6.45, 7) is 1.94. The molecule has 0 spiro atoms. The third-order valence-electron chi connectivity index (χ3n) is 7.71. The number of anilines is 1. The highest BCUT2D eigenvalue weighted by Gasteiger charge is 2.45. The van der Waals surface area contributed by atoms with Gasteiger partial charge in [0.25, 0.3) is 0 Å². The number of aryl methyl sites for hydroxylation is 1. The molecule has 3 aromatic rings. The molecule has 3 heterocycles. The Morgan fingerprint density at radius 2 is 1.84 bits per heavy atom. The number of hydrogen-bond donors (Lipinski definition) is 1. The summed E-state index contributed by atoms with van der Waals surface area (Å²) in [7, 11) is 0.983. The first-order chi connectivity index (χ1) is 18.2. The number of nitrogens with one attached hydrogen (secondary N) is 1. The Kier molecular flexibility index (Phi) is 7.46. The van der Waals surface area contributed by atoms with E-state index in [2.05, 4.69) is 24.9 Å². The van der Waals surface area contributed by atoms with Gasteiger partial charge < -0.3 is 9.47 Å². The third kappa shape index (κ3) is 4.69. The maximum atomic E-state index is 13.7. The fourth-order valence-corrected chi connectivity index (χ4v) is 6.78. The van der Waals surface area contributed by atoms with Gasteiger partial charge in [-0.1, -0.05) is 11.6 Å². The van der Waals surface area contributed by atoms with E-state index in [0.717, 1.165) is 56.2 Å². The van der Waals surface area contributed by atoms with Gasteiger partial charge in [-0.05, 0) is 51.9 Å². The molecule has 0 saturated heterocycles. The Morgan fingerprint density at radius 3 is 2.47 bits per heavy atom. The number of rotatable bonds is 10. The molecule has 0 aliphatic heterocycles. The molecule has 14 heteroatoms. The van der Waals surface area contributed by atoms with Crippen LogP contribution in [0.5, 0.6) is 0 Å². The summed E-state index contributed by atoms with van der Waals surface area (Å²) in [6, 6.07) is 0. The molecule has 206 valence electrons. The van der Waals surface area contributed by atoms with Crippen LogP contribution in [0.1, 0.15) is 62.2 Å².